The molecule has 0 heterocycles. The Morgan fingerprint density at radius 3 is 0.333 bits per heavy atom. The smallest absolute Gasteiger partial charge is 0.200 e. The summed E-state index contributed by atoms with van der Waals surface area (Å²) in [6, 6.07) is 0. The molecule has 41 heteroatoms. The summed E-state index contributed by atoms with van der Waals surface area (Å²) < 4.78 is 553. The molecule has 0 atom stereocenters. The van der Waals surface area contributed by atoms with Gasteiger partial charge in [-0.2, -0.15) is 180 Å². The van der Waals surface area contributed by atoms with E-state index in [-0.39, 0.29) is 0 Å². The van der Waals surface area contributed by atoms with Crippen LogP contribution in [0.4, 0.5) is 180 Å². The summed E-state index contributed by atoms with van der Waals surface area (Å²) in [6.07, 6.45) is -5.88. The van der Waals surface area contributed by atoms with Gasteiger partial charge in [0.15, 0.2) is 0 Å². The molecule has 0 spiro atoms. The molecule has 0 unspecified atom stereocenters. The van der Waals surface area contributed by atoms with E-state index >= 15 is 0 Å². The molecule has 0 aliphatic rings. The maximum Gasteiger partial charge on any atom is 0.460 e. The van der Waals surface area contributed by atoms with Gasteiger partial charge in [0.05, 0.1) is 0 Å². The van der Waals surface area contributed by atoms with E-state index in [0.717, 1.165) is 0 Å². The van der Waals surface area contributed by atoms with E-state index in [1.165, 1.54) is 12.8 Å². The molecule has 0 nitrogen and oxygen atoms in total. The van der Waals surface area contributed by atoms with E-state index in [0.29, 0.717) is 0 Å². The fraction of sp³-hybridized carbons (Fsp3) is 1.00. The van der Waals surface area contributed by atoms with E-state index < -0.39 is 126 Å². The first kappa shape index (κ1) is 65.2. The van der Waals surface area contributed by atoms with Crippen molar-refractivity contribution >= 4 is 0 Å². The quantitative estimate of drug-likeness (QED) is 0.113. The normalized spacial score (nSPS) is 16.9. The van der Waals surface area contributed by atoms with Gasteiger partial charge >= 0.3 is 119 Å². The van der Waals surface area contributed by atoms with Crippen LogP contribution in [-0.4, -0.2) is 119 Å². The van der Waals surface area contributed by atoms with Crippen LogP contribution in [-0.2, 0) is 0 Å². The Hall–Kier alpha value is -2.87. The minimum atomic E-state index is -10.6. The maximum atomic E-state index is 13.9. The highest BCUT2D eigenvalue weighted by molar-refractivity contribution is 5.23. The third kappa shape index (κ3) is 7.73. The second-order valence-corrected chi connectivity index (χ2v) is 12.7. The number of rotatable bonds is 19. The van der Waals surface area contributed by atoms with E-state index in [2.05, 4.69) is 13.8 Å². The van der Waals surface area contributed by atoms with Gasteiger partial charge in [-0.3, -0.25) is 0 Å². The van der Waals surface area contributed by atoms with Gasteiger partial charge in [-0.25, -0.2) is 0 Å². The van der Waals surface area contributed by atoms with Crippen molar-refractivity contribution in [3.05, 3.63) is 0 Å². The Morgan fingerprint density at radius 1 is 0.167 bits per heavy atom. The van der Waals surface area contributed by atoms with Crippen LogP contribution in [0.25, 0.3) is 0 Å². The van der Waals surface area contributed by atoms with Gasteiger partial charge in [0, 0.05) is 6.92 Å². The zero-order valence-electron chi connectivity index (χ0n) is 29.9. The molecule has 0 rings (SSSR count). The van der Waals surface area contributed by atoms with Gasteiger partial charge in [-0.1, -0.05) is 26.7 Å². The summed E-state index contributed by atoms with van der Waals surface area (Å²) in [4.78, 5) is 0. The van der Waals surface area contributed by atoms with Crippen LogP contribution >= 0.6 is 0 Å². The van der Waals surface area contributed by atoms with Crippen molar-refractivity contribution in [2.45, 2.75) is 152 Å². The van der Waals surface area contributed by atoms with Crippen molar-refractivity contribution in [3.8, 4) is 0 Å². The Kier molecular flexibility index (Phi) is 16.2. The minimum Gasteiger partial charge on any atom is -0.200 e. The van der Waals surface area contributed by atoms with Crippen molar-refractivity contribution in [1.82, 2.24) is 0 Å². The molecule has 0 aromatic heterocycles. The molecule has 0 saturated heterocycles. The SMILES string of the molecule is CC(F)(F)C(F)(F)C(F)(F)C(F)(F)C(F)(F)C(F)(F)C(F)(F)C(F)(F)C(F)(F)C(F)(F)C(F)(F)C(F)(F)C(F)(F)C(F)(F)C(F)(F)C(F)(F)C(F)(F)C(F)(F)C(F)(F)C(F)(F)F.CCCC. The number of hydrogen-bond acceptors (Lipinski definition) is 0. The summed E-state index contributed by atoms with van der Waals surface area (Å²) in [5.41, 5.74) is 0. The van der Waals surface area contributed by atoms with Gasteiger partial charge in [0.25, 0.3) is 0 Å². The van der Waals surface area contributed by atoms with Crippen molar-refractivity contribution in [1.29, 1.82) is 0 Å². The molecule has 0 aliphatic carbocycles. The summed E-state index contributed by atoms with van der Waals surface area (Å²) in [5, 5.41) is 0. The average Bonchev–Trinajstić information content (AvgIpc) is 3.09. The topological polar surface area (TPSA) is 0 Å². The molecule has 66 heavy (non-hydrogen) atoms. The van der Waals surface area contributed by atoms with E-state index in [9.17, 15) is 180 Å². The minimum absolute atomic E-state index is 1.32. The fourth-order valence-corrected chi connectivity index (χ4v) is 3.61. The molecular formula is C25H13F41. The molecule has 0 saturated carbocycles. The van der Waals surface area contributed by atoms with Gasteiger partial charge in [-0.05, 0) is 0 Å². The van der Waals surface area contributed by atoms with Gasteiger partial charge < -0.3 is 0 Å². The van der Waals surface area contributed by atoms with Crippen LogP contribution in [0.3, 0.4) is 0 Å². The Morgan fingerprint density at radius 2 is 0.258 bits per heavy atom. The number of halogens is 41. The van der Waals surface area contributed by atoms with Crippen molar-refractivity contribution in [3.63, 3.8) is 0 Å². The molecule has 0 aromatic carbocycles. The van der Waals surface area contributed by atoms with E-state index in [4.69, 9.17) is 0 Å². The molecule has 400 valence electrons. The molecule has 0 radical (unpaired) electrons. The third-order valence-electron chi connectivity index (χ3n) is 8.11. The van der Waals surface area contributed by atoms with E-state index in [1.807, 2.05) is 0 Å². The molecule has 0 fully saturated rings. The highest BCUT2D eigenvalue weighted by Gasteiger charge is 3.03. The first-order valence-electron chi connectivity index (χ1n) is 14.9. The highest BCUT2D eigenvalue weighted by Crippen LogP contribution is 2.71. The van der Waals surface area contributed by atoms with Crippen molar-refractivity contribution in [2.24, 2.45) is 0 Å². The average molecular weight is 1090 g/mol. The molecule has 0 aromatic rings. The van der Waals surface area contributed by atoms with Crippen molar-refractivity contribution < 1.29 is 180 Å². The van der Waals surface area contributed by atoms with Crippen LogP contribution in [0.1, 0.15) is 33.6 Å². The Balaban J connectivity index is 0. The summed E-state index contributed by atoms with van der Waals surface area (Å²) >= 11 is 0. The standard InChI is InChI=1S/C21H3F41.C4H10/c1-2(22,23)3(24,25)4(26,27)5(28,29)6(30,31)7(32,33)8(34,35)9(36,37)10(38,39)11(40,41)12(42,43)13(44,45)14(46,47)15(48,49)16(50,51)17(52,53)18(54,55)19(56,57)20(58,59)21(60,61)62;1-3-4-2/h1H3;3-4H2,1-2H3. The highest BCUT2D eigenvalue weighted by atomic mass is 19.4. The summed E-state index contributed by atoms with van der Waals surface area (Å²) in [7, 11) is 0. The first-order valence-corrected chi connectivity index (χ1v) is 14.9. The predicted molar refractivity (Wildman–Crippen MR) is 126 cm³/mol. The van der Waals surface area contributed by atoms with E-state index in [1.54, 1.807) is 0 Å². The summed E-state index contributed by atoms with van der Waals surface area (Å²) in [5.74, 6) is -188. The summed E-state index contributed by atoms with van der Waals surface area (Å²) in [6.45, 7) is 2.59. The number of alkyl halides is 41. The Labute approximate surface area is 333 Å². The zero-order chi connectivity index (χ0) is 55.4. The van der Waals surface area contributed by atoms with Crippen LogP contribution < -0.4 is 0 Å². The van der Waals surface area contributed by atoms with Gasteiger partial charge in [0.1, 0.15) is 0 Å². The molecule has 0 bridgehead atoms. The van der Waals surface area contributed by atoms with Gasteiger partial charge in [0.2, 0.25) is 0 Å². The van der Waals surface area contributed by atoms with Crippen LogP contribution in [0.5, 0.6) is 0 Å². The lowest BCUT2D eigenvalue weighted by Gasteiger charge is -2.47. The number of unbranched alkanes of at least 4 members (excludes halogenated alkanes) is 1. The zero-order valence-corrected chi connectivity index (χ0v) is 29.9. The third-order valence-corrected chi connectivity index (χ3v) is 8.11. The fourth-order valence-electron chi connectivity index (χ4n) is 3.61. The molecule has 0 N–H and O–H groups in total. The van der Waals surface area contributed by atoms with Crippen molar-refractivity contribution in [2.75, 3.05) is 0 Å². The predicted octanol–water partition coefficient (Wildman–Crippen LogP) is 15.4. The lowest BCUT2D eigenvalue weighted by molar-refractivity contribution is -0.495. The monoisotopic (exact) mass is 1090 g/mol. The largest absolute Gasteiger partial charge is 0.460 e. The second kappa shape index (κ2) is 16.4. The maximum absolute atomic E-state index is 13.9. The first-order chi connectivity index (χ1) is 27.7. The van der Waals surface area contributed by atoms with Crippen LogP contribution in [0.15, 0.2) is 0 Å². The van der Waals surface area contributed by atoms with Crippen LogP contribution in [0, 0.1) is 0 Å². The molecule has 0 aliphatic heterocycles. The van der Waals surface area contributed by atoms with Gasteiger partial charge in [-0.15, -0.1) is 0 Å². The molecular weight excluding hydrogens is 1080 g/mol. The lowest BCUT2D eigenvalue weighted by atomic mass is 9.82. The number of hydrogen-bond donors (Lipinski definition) is 0. The second-order valence-electron chi connectivity index (χ2n) is 12.7. The Bertz CT molecular complexity index is 1540. The van der Waals surface area contributed by atoms with Crippen LogP contribution in [0.2, 0.25) is 0 Å². The molecule has 0 amide bonds. The lowest BCUT2D eigenvalue weighted by Crippen LogP contribution is -2.80.